The van der Waals surface area contributed by atoms with Crippen LogP contribution in [0.15, 0.2) is 40.6 Å². The Morgan fingerprint density at radius 3 is 2.89 bits per heavy atom. The second kappa shape index (κ2) is 2.72. The van der Waals surface area contributed by atoms with Gasteiger partial charge in [0, 0.05) is 5.03 Å². The SMILES string of the molecule is CC1=CC=C(Cl)C=C=C1. The van der Waals surface area contributed by atoms with Crippen LogP contribution >= 0.6 is 11.6 Å². The lowest BCUT2D eigenvalue weighted by atomic mass is 10.3. The van der Waals surface area contributed by atoms with Crippen LogP contribution in [0.3, 0.4) is 0 Å². The molecule has 0 atom stereocenters. The zero-order valence-electron chi connectivity index (χ0n) is 5.19. The van der Waals surface area contributed by atoms with Gasteiger partial charge in [0.25, 0.3) is 0 Å². The van der Waals surface area contributed by atoms with Gasteiger partial charge in [-0.05, 0) is 30.7 Å². The van der Waals surface area contributed by atoms with E-state index in [1.807, 2.05) is 25.2 Å². The van der Waals surface area contributed by atoms with Crippen LogP contribution in [0, 0.1) is 0 Å². The van der Waals surface area contributed by atoms with Crippen molar-refractivity contribution in [3.8, 4) is 0 Å². The fourth-order valence-corrected chi connectivity index (χ4v) is 0.686. The zero-order chi connectivity index (χ0) is 6.69. The molecule has 0 nitrogen and oxygen atoms in total. The minimum Gasteiger partial charge on any atom is -0.119 e. The van der Waals surface area contributed by atoms with E-state index >= 15 is 0 Å². The predicted molar refractivity (Wildman–Crippen MR) is 40.3 cm³/mol. The molecule has 0 spiro atoms. The standard InChI is InChI=1S/C8H7Cl/c1-7-3-2-4-8(9)6-5-7/h3-6H,1H3. The summed E-state index contributed by atoms with van der Waals surface area (Å²) in [6.07, 6.45) is 7.45. The Morgan fingerprint density at radius 1 is 1.33 bits per heavy atom. The van der Waals surface area contributed by atoms with E-state index in [4.69, 9.17) is 11.6 Å². The van der Waals surface area contributed by atoms with E-state index < -0.39 is 0 Å². The van der Waals surface area contributed by atoms with Crippen molar-refractivity contribution < 1.29 is 0 Å². The lowest BCUT2D eigenvalue weighted by molar-refractivity contribution is 1.54. The molecule has 1 heteroatoms. The van der Waals surface area contributed by atoms with Crippen molar-refractivity contribution >= 4 is 11.6 Å². The summed E-state index contributed by atoms with van der Waals surface area (Å²) in [5.41, 5.74) is 4.10. The first-order valence-corrected chi connectivity index (χ1v) is 3.13. The number of hydrogen-bond acceptors (Lipinski definition) is 0. The molecule has 0 heterocycles. The predicted octanol–water partition coefficient (Wildman–Crippen LogP) is 2.78. The summed E-state index contributed by atoms with van der Waals surface area (Å²) in [4.78, 5) is 0. The lowest BCUT2D eigenvalue weighted by Gasteiger charge is -1.80. The first kappa shape index (κ1) is 6.41. The Bertz CT molecular complexity index is 203. The van der Waals surface area contributed by atoms with Crippen molar-refractivity contribution in [2.75, 3.05) is 0 Å². The second-order valence-electron chi connectivity index (χ2n) is 1.92. The van der Waals surface area contributed by atoms with Gasteiger partial charge in [0.15, 0.2) is 0 Å². The van der Waals surface area contributed by atoms with Crippen LogP contribution in [0.4, 0.5) is 0 Å². The molecule has 0 aromatic rings. The van der Waals surface area contributed by atoms with Crippen LogP contribution in [0.2, 0.25) is 0 Å². The summed E-state index contributed by atoms with van der Waals surface area (Å²) in [5, 5.41) is 0.725. The molecule has 0 unspecified atom stereocenters. The topological polar surface area (TPSA) is 0 Å². The van der Waals surface area contributed by atoms with Crippen LogP contribution in [0.5, 0.6) is 0 Å². The van der Waals surface area contributed by atoms with Crippen molar-refractivity contribution in [1.29, 1.82) is 0 Å². The second-order valence-corrected chi connectivity index (χ2v) is 2.35. The van der Waals surface area contributed by atoms with Gasteiger partial charge in [0.1, 0.15) is 0 Å². The summed E-state index contributed by atoms with van der Waals surface area (Å²) in [5.74, 6) is 0. The van der Waals surface area contributed by atoms with Gasteiger partial charge in [-0.3, -0.25) is 0 Å². The Labute approximate surface area is 59.8 Å². The highest BCUT2D eigenvalue weighted by atomic mass is 35.5. The fraction of sp³-hybridized carbons (Fsp3) is 0.125. The summed E-state index contributed by atoms with van der Waals surface area (Å²) in [6, 6.07) is 0. The van der Waals surface area contributed by atoms with Gasteiger partial charge in [-0.25, -0.2) is 0 Å². The Morgan fingerprint density at radius 2 is 2.11 bits per heavy atom. The van der Waals surface area contributed by atoms with Gasteiger partial charge in [-0.1, -0.05) is 17.7 Å². The van der Waals surface area contributed by atoms with E-state index in [9.17, 15) is 0 Å². The first-order chi connectivity index (χ1) is 4.29. The van der Waals surface area contributed by atoms with Crippen LogP contribution in [-0.2, 0) is 0 Å². The lowest BCUT2D eigenvalue weighted by Crippen LogP contribution is -1.60. The molecule has 0 fully saturated rings. The quantitative estimate of drug-likeness (QED) is 0.452. The van der Waals surface area contributed by atoms with Gasteiger partial charge in [-0.15, -0.1) is 5.73 Å². The van der Waals surface area contributed by atoms with Gasteiger partial charge in [0.2, 0.25) is 0 Å². The molecule has 1 aliphatic carbocycles. The minimum absolute atomic E-state index is 0.725. The summed E-state index contributed by atoms with van der Waals surface area (Å²) < 4.78 is 0. The molecule has 0 saturated carbocycles. The summed E-state index contributed by atoms with van der Waals surface area (Å²) >= 11 is 5.66. The fourth-order valence-electron chi connectivity index (χ4n) is 0.560. The normalized spacial score (nSPS) is 16.7. The third-order valence-corrected chi connectivity index (χ3v) is 1.27. The minimum atomic E-state index is 0.725. The Balaban J connectivity index is 3.00. The molecule has 0 aromatic heterocycles. The molecule has 0 bridgehead atoms. The van der Waals surface area contributed by atoms with Gasteiger partial charge < -0.3 is 0 Å². The highest BCUT2D eigenvalue weighted by molar-refractivity contribution is 6.31. The number of rotatable bonds is 0. The molecule has 1 aliphatic rings. The highest BCUT2D eigenvalue weighted by Crippen LogP contribution is 2.07. The Kier molecular flexibility index (Phi) is 1.94. The molecule has 0 aliphatic heterocycles. The van der Waals surface area contributed by atoms with E-state index in [0.29, 0.717) is 0 Å². The van der Waals surface area contributed by atoms with Crippen molar-refractivity contribution in [3.05, 3.63) is 40.6 Å². The van der Waals surface area contributed by atoms with Crippen LogP contribution in [0.25, 0.3) is 0 Å². The molecular formula is C8H7Cl. The van der Waals surface area contributed by atoms with Crippen LogP contribution < -0.4 is 0 Å². The smallest absolute Gasteiger partial charge is 0.0483 e. The average molecular weight is 139 g/mol. The van der Waals surface area contributed by atoms with Crippen molar-refractivity contribution in [2.45, 2.75) is 6.92 Å². The van der Waals surface area contributed by atoms with E-state index in [2.05, 4.69) is 5.73 Å². The maximum Gasteiger partial charge on any atom is 0.0483 e. The molecule has 1 rings (SSSR count). The molecular weight excluding hydrogens is 132 g/mol. The monoisotopic (exact) mass is 138 g/mol. The summed E-state index contributed by atoms with van der Waals surface area (Å²) in [7, 11) is 0. The van der Waals surface area contributed by atoms with E-state index in [-0.39, 0.29) is 0 Å². The first-order valence-electron chi connectivity index (χ1n) is 2.75. The van der Waals surface area contributed by atoms with E-state index in [0.717, 1.165) is 5.03 Å². The Hall–Kier alpha value is -0.710. The maximum absolute atomic E-state index is 5.66. The third-order valence-electron chi connectivity index (χ3n) is 1.04. The number of halogens is 1. The number of hydrogen-bond donors (Lipinski definition) is 0. The van der Waals surface area contributed by atoms with Gasteiger partial charge in [-0.2, -0.15) is 0 Å². The third kappa shape index (κ3) is 1.93. The molecule has 9 heavy (non-hydrogen) atoms. The molecule has 0 N–H and O–H groups in total. The average Bonchev–Trinajstić information content (AvgIpc) is 1.97. The molecule has 0 saturated heterocycles. The molecule has 0 aromatic carbocycles. The van der Waals surface area contributed by atoms with Crippen molar-refractivity contribution in [1.82, 2.24) is 0 Å². The van der Waals surface area contributed by atoms with E-state index in [1.54, 1.807) is 6.08 Å². The largest absolute Gasteiger partial charge is 0.119 e. The van der Waals surface area contributed by atoms with Crippen molar-refractivity contribution in [2.24, 2.45) is 0 Å². The van der Waals surface area contributed by atoms with Crippen LogP contribution in [-0.4, -0.2) is 0 Å². The highest BCUT2D eigenvalue weighted by Gasteiger charge is 1.85. The van der Waals surface area contributed by atoms with Crippen molar-refractivity contribution in [3.63, 3.8) is 0 Å². The molecule has 46 valence electrons. The van der Waals surface area contributed by atoms with Gasteiger partial charge >= 0.3 is 0 Å². The van der Waals surface area contributed by atoms with E-state index in [1.165, 1.54) is 5.57 Å². The maximum atomic E-state index is 5.66. The van der Waals surface area contributed by atoms with Crippen LogP contribution in [0.1, 0.15) is 6.92 Å². The zero-order valence-corrected chi connectivity index (χ0v) is 5.94. The summed E-state index contributed by atoms with van der Waals surface area (Å²) in [6.45, 7) is 2.01. The molecule has 0 radical (unpaired) electrons. The molecule has 0 amide bonds. The number of allylic oxidation sites excluding steroid dienone is 5. The van der Waals surface area contributed by atoms with Gasteiger partial charge in [0.05, 0.1) is 0 Å².